The number of hydroxylamine groups is 2. The van der Waals surface area contributed by atoms with E-state index in [0.29, 0.717) is 11.5 Å². The molecule has 7 heteroatoms. The Morgan fingerprint density at radius 2 is 1.86 bits per heavy atom. The Hall–Kier alpha value is -2.67. The van der Waals surface area contributed by atoms with E-state index in [1.807, 2.05) is 6.07 Å². The number of carbonyl (C=O) groups excluding carboxylic acids is 1. The van der Waals surface area contributed by atoms with Crippen molar-refractivity contribution in [1.29, 1.82) is 0 Å². The van der Waals surface area contributed by atoms with Crippen LogP contribution in [-0.2, 0) is 4.84 Å². The maximum Gasteiger partial charge on any atom is 0.282 e. The van der Waals surface area contributed by atoms with Crippen molar-refractivity contribution in [3.8, 4) is 17.4 Å². The summed E-state index contributed by atoms with van der Waals surface area (Å²) in [5.74, 6) is 0.657. The number of amides is 1. The van der Waals surface area contributed by atoms with Crippen molar-refractivity contribution < 1.29 is 19.1 Å². The summed E-state index contributed by atoms with van der Waals surface area (Å²) < 4.78 is 10.8. The Kier molecular flexibility index (Phi) is 4.68. The van der Waals surface area contributed by atoms with Crippen molar-refractivity contribution in [1.82, 2.24) is 15.3 Å². The SMILES string of the molecule is COc1ccccc1Oc1nnccc1C(=O)N(C)OC. The minimum atomic E-state index is -0.391. The third-order valence-electron chi connectivity index (χ3n) is 2.75. The molecular formula is C14H15N3O4. The molecule has 1 aromatic carbocycles. The molecule has 1 aromatic heterocycles. The van der Waals surface area contributed by atoms with Crippen LogP contribution in [0.3, 0.4) is 0 Å². The molecule has 0 radical (unpaired) electrons. The molecule has 21 heavy (non-hydrogen) atoms. The zero-order valence-electron chi connectivity index (χ0n) is 11.9. The molecule has 0 aliphatic heterocycles. The largest absolute Gasteiger partial charge is 0.493 e. The van der Waals surface area contributed by atoms with Crippen LogP contribution < -0.4 is 9.47 Å². The van der Waals surface area contributed by atoms with Gasteiger partial charge in [-0.2, -0.15) is 5.10 Å². The Morgan fingerprint density at radius 1 is 1.14 bits per heavy atom. The van der Waals surface area contributed by atoms with Crippen LogP contribution in [0.1, 0.15) is 10.4 Å². The first kappa shape index (κ1) is 14.7. The molecule has 0 aliphatic rings. The van der Waals surface area contributed by atoms with Gasteiger partial charge in [-0.3, -0.25) is 9.63 Å². The molecule has 1 heterocycles. The van der Waals surface area contributed by atoms with Gasteiger partial charge in [-0.15, -0.1) is 5.10 Å². The van der Waals surface area contributed by atoms with Crippen molar-refractivity contribution in [2.24, 2.45) is 0 Å². The van der Waals surface area contributed by atoms with Crippen LogP contribution in [-0.4, -0.2) is 42.4 Å². The Labute approximate surface area is 122 Å². The minimum absolute atomic E-state index is 0.0795. The summed E-state index contributed by atoms with van der Waals surface area (Å²) >= 11 is 0. The van der Waals surface area contributed by atoms with Crippen LogP contribution in [0.5, 0.6) is 17.4 Å². The highest BCUT2D eigenvalue weighted by molar-refractivity contribution is 5.95. The quantitative estimate of drug-likeness (QED) is 0.783. The van der Waals surface area contributed by atoms with E-state index in [9.17, 15) is 4.79 Å². The summed E-state index contributed by atoms with van der Waals surface area (Å²) in [6.07, 6.45) is 1.41. The van der Waals surface area contributed by atoms with Gasteiger partial charge in [0.05, 0.1) is 20.4 Å². The number of nitrogens with zero attached hydrogens (tertiary/aromatic N) is 3. The average molecular weight is 289 g/mol. The first-order chi connectivity index (χ1) is 10.2. The molecule has 0 saturated heterocycles. The monoisotopic (exact) mass is 289 g/mol. The second-order valence-electron chi connectivity index (χ2n) is 3.99. The van der Waals surface area contributed by atoms with Gasteiger partial charge in [0.15, 0.2) is 11.5 Å². The lowest BCUT2D eigenvalue weighted by atomic mass is 10.2. The van der Waals surface area contributed by atoms with E-state index >= 15 is 0 Å². The zero-order chi connectivity index (χ0) is 15.2. The molecule has 2 rings (SSSR count). The number of aromatic nitrogens is 2. The summed E-state index contributed by atoms with van der Waals surface area (Å²) in [6.45, 7) is 0. The van der Waals surface area contributed by atoms with Crippen LogP contribution in [0.15, 0.2) is 36.5 Å². The number of para-hydroxylation sites is 2. The van der Waals surface area contributed by atoms with Gasteiger partial charge >= 0.3 is 0 Å². The molecule has 0 aliphatic carbocycles. The fraction of sp³-hybridized carbons (Fsp3) is 0.214. The first-order valence-corrected chi connectivity index (χ1v) is 6.12. The maximum absolute atomic E-state index is 12.2. The predicted octanol–water partition coefficient (Wildman–Crippen LogP) is 1.91. The lowest BCUT2D eigenvalue weighted by molar-refractivity contribution is -0.0758. The number of hydrogen-bond donors (Lipinski definition) is 0. The summed E-state index contributed by atoms with van der Waals surface area (Å²) in [7, 11) is 4.42. The summed E-state index contributed by atoms with van der Waals surface area (Å²) in [5.41, 5.74) is 0.236. The van der Waals surface area contributed by atoms with Gasteiger partial charge in [0, 0.05) is 7.05 Å². The fourth-order valence-corrected chi connectivity index (χ4v) is 1.62. The van der Waals surface area contributed by atoms with E-state index in [2.05, 4.69) is 10.2 Å². The van der Waals surface area contributed by atoms with Crippen LogP contribution in [0.2, 0.25) is 0 Å². The lowest BCUT2D eigenvalue weighted by Gasteiger charge is -2.15. The van der Waals surface area contributed by atoms with Crippen LogP contribution in [0.4, 0.5) is 0 Å². The molecule has 110 valence electrons. The van der Waals surface area contributed by atoms with Crippen molar-refractivity contribution >= 4 is 5.91 Å². The third-order valence-corrected chi connectivity index (χ3v) is 2.75. The van der Waals surface area contributed by atoms with E-state index in [1.54, 1.807) is 18.2 Å². The standard InChI is InChI=1S/C14H15N3O4/c1-17(20-3)14(18)10-8-9-15-16-13(10)21-12-7-5-4-6-11(12)19-2/h4-9H,1-3H3. The van der Waals surface area contributed by atoms with E-state index in [4.69, 9.17) is 14.3 Å². The van der Waals surface area contributed by atoms with Gasteiger partial charge in [0.25, 0.3) is 11.8 Å². The van der Waals surface area contributed by atoms with Gasteiger partial charge < -0.3 is 9.47 Å². The fourth-order valence-electron chi connectivity index (χ4n) is 1.62. The molecule has 0 unspecified atom stereocenters. The molecule has 0 bridgehead atoms. The van der Waals surface area contributed by atoms with Crippen LogP contribution in [0.25, 0.3) is 0 Å². The predicted molar refractivity (Wildman–Crippen MR) is 74.2 cm³/mol. The number of rotatable bonds is 5. The van der Waals surface area contributed by atoms with Crippen LogP contribution >= 0.6 is 0 Å². The van der Waals surface area contributed by atoms with E-state index in [-0.39, 0.29) is 11.4 Å². The number of methoxy groups -OCH3 is 1. The molecule has 0 N–H and O–H groups in total. The number of ether oxygens (including phenoxy) is 2. The molecule has 0 fully saturated rings. The van der Waals surface area contributed by atoms with E-state index < -0.39 is 5.91 Å². The molecular weight excluding hydrogens is 274 g/mol. The molecule has 7 nitrogen and oxygen atoms in total. The molecule has 2 aromatic rings. The van der Waals surface area contributed by atoms with E-state index in [0.717, 1.165) is 5.06 Å². The zero-order valence-corrected chi connectivity index (χ0v) is 11.9. The van der Waals surface area contributed by atoms with Gasteiger partial charge in [-0.1, -0.05) is 12.1 Å². The first-order valence-electron chi connectivity index (χ1n) is 6.12. The van der Waals surface area contributed by atoms with Crippen LogP contribution in [0, 0.1) is 0 Å². The third kappa shape index (κ3) is 3.26. The highest BCUT2D eigenvalue weighted by Gasteiger charge is 2.19. The second-order valence-corrected chi connectivity index (χ2v) is 3.99. The van der Waals surface area contributed by atoms with E-state index in [1.165, 1.54) is 33.5 Å². The number of carbonyl (C=O) groups is 1. The lowest BCUT2D eigenvalue weighted by Crippen LogP contribution is -2.26. The summed E-state index contributed by atoms with van der Waals surface area (Å²) in [6, 6.07) is 8.57. The minimum Gasteiger partial charge on any atom is -0.493 e. The van der Waals surface area contributed by atoms with Crippen molar-refractivity contribution in [2.45, 2.75) is 0 Å². The second kappa shape index (κ2) is 6.67. The highest BCUT2D eigenvalue weighted by Crippen LogP contribution is 2.31. The molecule has 0 spiro atoms. The topological polar surface area (TPSA) is 73.8 Å². The summed E-state index contributed by atoms with van der Waals surface area (Å²) in [4.78, 5) is 17.0. The van der Waals surface area contributed by atoms with Gasteiger partial charge in [0.1, 0.15) is 5.56 Å². The Morgan fingerprint density at radius 3 is 2.52 bits per heavy atom. The number of benzene rings is 1. The van der Waals surface area contributed by atoms with Crippen molar-refractivity contribution in [3.63, 3.8) is 0 Å². The molecule has 0 atom stereocenters. The Bertz CT molecular complexity index is 633. The smallest absolute Gasteiger partial charge is 0.282 e. The average Bonchev–Trinajstić information content (AvgIpc) is 2.54. The van der Waals surface area contributed by atoms with Crippen molar-refractivity contribution in [2.75, 3.05) is 21.3 Å². The molecule has 1 amide bonds. The molecule has 0 saturated carbocycles. The van der Waals surface area contributed by atoms with Gasteiger partial charge in [-0.25, -0.2) is 5.06 Å². The normalized spacial score (nSPS) is 10.0. The highest BCUT2D eigenvalue weighted by atomic mass is 16.7. The number of hydrogen-bond acceptors (Lipinski definition) is 6. The Balaban J connectivity index is 2.35. The van der Waals surface area contributed by atoms with Gasteiger partial charge in [-0.05, 0) is 18.2 Å². The van der Waals surface area contributed by atoms with Gasteiger partial charge in [0.2, 0.25) is 0 Å². The van der Waals surface area contributed by atoms with Crippen molar-refractivity contribution in [3.05, 3.63) is 42.1 Å². The maximum atomic E-state index is 12.2. The summed E-state index contributed by atoms with van der Waals surface area (Å²) in [5, 5.41) is 8.67.